The molecule has 100 valence electrons. The Morgan fingerprint density at radius 2 is 1.83 bits per heavy atom. The number of hydrogen-bond donors (Lipinski definition) is 1. The van der Waals surface area contributed by atoms with E-state index in [1.165, 1.54) is 30.4 Å². The van der Waals surface area contributed by atoms with Crippen LogP contribution < -0.4 is 10.5 Å². The molecule has 2 nitrogen and oxygen atoms in total. The Bertz CT molecular complexity index is 394. The van der Waals surface area contributed by atoms with E-state index in [-0.39, 0.29) is 5.54 Å². The molecule has 0 heterocycles. The summed E-state index contributed by atoms with van der Waals surface area (Å²) in [6.45, 7) is 4.97. The smallest absolute Gasteiger partial charge is 0.119 e. The van der Waals surface area contributed by atoms with E-state index in [9.17, 15) is 0 Å². The highest BCUT2D eigenvalue weighted by Gasteiger charge is 2.26. The Morgan fingerprint density at radius 3 is 2.50 bits per heavy atom. The summed E-state index contributed by atoms with van der Waals surface area (Å²) in [6, 6.07) is 6.27. The normalized spacial score (nSPS) is 18.6. The van der Waals surface area contributed by atoms with E-state index in [0.717, 1.165) is 31.6 Å². The molecular weight excluding hydrogens is 222 g/mol. The summed E-state index contributed by atoms with van der Waals surface area (Å²) in [6.07, 6.45) is 7.18. The second-order valence-corrected chi connectivity index (χ2v) is 5.77. The third-order valence-electron chi connectivity index (χ3n) is 4.20. The molecule has 0 bridgehead atoms. The molecule has 18 heavy (non-hydrogen) atoms. The second-order valence-electron chi connectivity index (χ2n) is 5.77. The number of benzene rings is 1. The molecule has 0 radical (unpaired) electrons. The van der Waals surface area contributed by atoms with Gasteiger partial charge in [-0.1, -0.05) is 25.3 Å². The zero-order chi connectivity index (χ0) is 13.0. The predicted molar refractivity (Wildman–Crippen MR) is 76.0 cm³/mol. The molecule has 0 aliphatic heterocycles. The van der Waals surface area contributed by atoms with Gasteiger partial charge in [0.25, 0.3) is 0 Å². The summed E-state index contributed by atoms with van der Waals surface area (Å²) in [5, 5.41) is 0. The first-order valence-corrected chi connectivity index (χ1v) is 7.08. The molecule has 0 saturated heterocycles. The Morgan fingerprint density at radius 1 is 1.11 bits per heavy atom. The second kappa shape index (κ2) is 5.75. The highest BCUT2D eigenvalue weighted by atomic mass is 16.5. The molecule has 1 fully saturated rings. The van der Waals surface area contributed by atoms with Crippen LogP contribution in [-0.2, 0) is 0 Å². The van der Waals surface area contributed by atoms with E-state index in [2.05, 4.69) is 26.0 Å². The van der Waals surface area contributed by atoms with Crippen LogP contribution in [0.2, 0.25) is 0 Å². The van der Waals surface area contributed by atoms with Crippen LogP contribution in [0.25, 0.3) is 0 Å². The molecule has 0 atom stereocenters. The van der Waals surface area contributed by atoms with E-state index < -0.39 is 0 Å². The molecule has 1 aromatic rings. The van der Waals surface area contributed by atoms with E-state index in [1.54, 1.807) is 0 Å². The first-order chi connectivity index (χ1) is 8.59. The lowest BCUT2D eigenvalue weighted by molar-refractivity contribution is 0.214. The standard InChI is InChI=1S/C16H25NO/c1-13-6-7-15(12-14(13)2)18-11-10-16(17)8-4-3-5-9-16/h6-7,12H,3-5,8-11,17H2,1-2H3. The van der Waals surface area contributed by atoms with Crippen molar-refractivity contribution in [2.75, 3.05) is 6.61 Å². The van der Waals surface area contributed by atoms with Crippen molar-refractivity contribution in [1.82, 2.24) is 0 Å². The Hall–Kier alpha value is -1.02. The first-order valence-electron chi connectivity index (χ1n) is 7.08. The third-order valence-corrected chi connectivity index (χ3v) is 4.20. The maximum absolute atomic E-state index is 6.40. The van der Waals surface area contributed by atoms with Crippen molar-refractivity contribution >= 4 is 0 Å². The van der Waals surface area contributed by atoms with Crippen LogP contribution in [0.3, 0.4) is 0 Å². The fourth-order valence-corrected chi connectivity index (χ4v) is 2.68. The van der Waals surface area contributed by atoms with E-state index in [4.69, 9.17) is 10.5 Å². The highest BCUT2D eigenvalue weighted by Crippen LogP contribution is 2.28. The lowest BCUT2D eigenvalue weighted by atomic mass is 9.80. The largest absolute Gasteiger partial charge is 0.494 e. The van der Waals surface area contributed by atoms with Gasteiger partial charge in [0.2, 0.25) is 0 Å². The zero-order valence-corrected chi connectivity index (χ0v) is 11.7. The number of ether oxygens (including phenoxy) is 1. The molecule has 1 saturated carbocycles. The van der Waals surface area contributed by atoms with Crippen LogP contribution >= 0.6 is 0 Å². The molecule has 1 aliphatic carbocycles. The monoisotopic (exact) mass is 247 g/mol. The van der Waals surface area contributed by atoms with Crippen LogP contribution in [0.4, 0.5) is 0 Å². The van der Waals surface area contributed by atoms with Crippen molar-refractivity contribution in [3.05, 3.63) is 29.3 Å². The van der Waals surface area contributed by atoms with Gasteiger partial charge in [-0.2, -0.15) is 0 Å². The van der Waals surface area contributed by atoms with Gasteiger partial charge in [0.1, 0.15) is 5.75 Å². The maximum atomic E-state index is 6.40. The third kappa shape index (κ3) is 3.49. The van der Waals surface area contributed by atoms with Crippen molar-refractivity contribution in [1.29, 1.82) is 0 Å². The van der Waals surface area contributed by atoms with Crippen LogP contribution in [0.5, 0.6) is 5.75 Å². The zero-order valence-electron chi connectivity index (χ0n) is 11.7. The molecule has 0 aromatic heterocycles. The topological polar surface area (TPSA) is 35.2 Å². The number of aryl methyl sites for hydroxylation is 2. The van der Waals surface area contributed by atoms with Gasteiger partial charge in [-0.15, -0.1) is 0 Å². The summed E-state index contributed by atoms with van der Waals surface area (Å²) in [5.74, 6) is 0.970. The van der Waals surface area contributed by atoms with Crippen molar-refractivity contribution in [3.63, 3.8) is 0 Å². The minimum Gasteiger partial charge on any atom is -0.494 e. The summed E-state index contributed by atoms with van der Waals surface area (Å²) < 4.78 is 5.83. The molecule has 2 N–H and O–H groups in total. The summed E-state index contributed by atoms with van der Waals surface area (Å²) >= 11 is 0. The van der Waals surface area contributed by atoms with Crippen molar-refractivity contribution in [3.8, 4) is 5.75 Å². The highest BCUT2D eigenvalue weighted by molar-refractivity contribution is 5.33. The summed E-state index contributed by atoms with van der Waals surface area (Å²) in [7, 11) is 0. The van der Waals surface area contributed by atoms with Gasteiger partial charge < -0.3 is 10.5 Å². The van der Waals surface area contributed by atoms with Crippen molar-refractivity contribution in [2.45, 2.75) is 57.9 Å². The Balaban J connectivity index is 1.82. The number of rotatable bonds is 4. The Labute approximate surface area is 111 Å². The minimum atomic E-state index is 0.0258. The molecule has 0 spiro atoms. The molecule has 0 amide bonds. The van der Waals surface area contributed by atoms with E-state index in [1.807, 2.05) is 6.07 Å². The van der Waals surface area contributed by atoms with E-state index >= 15 is 0 Å². The summed E-state index contributed by atoms with van der Waals surface area (Å²) in [4.78, 5) is 0. The quantitative estimate of drug-likeness (QED) is 0.879. The van der Waals surface area contributed by atoms with Gasteiger partial charge in [-0.05, 0) is 56.4 Å². The average Bonchev–Trinajstić information content (AvgIpc) is 2.34. The first kappa shape index (κ1) is 13.4. The van der Waals surface area contributed by atoms with Gasteiger partial charge in [0, 0.05) is 5.54 Å². The lowest BCUT2D eigenvalue weighted by Gasteiger charge is -2.33. The molecule has 2 heteroatoms. The molecular formula is C16H25NO. The molecule has 0 unspecified atom stereocenters. The van der Waals surface area contributed by atoms with Crippen LogP contribution in [0.1, 0.15) is 49.7 Å². The van der Waals surface area contributed by atoms with Crippen LogP contribution in [0.15, 0.2) is 18.2 Å². The maximum Gasteiger partial charge on any atom is 0.119 e. The molecule has 2 rings (SSSR count). The minimum absolute atomic E-state index is 0.0258. The van der Waals surface area contributed by atoms with Crippen molar-refractivity contribution < 1.29 is 4.74 Å². The average molecular weight is 247 g/mol. The Kier molecular flexibility index (Phi) is 4.28. The summed E-state index contributed by atoms with van der Waals surface area (Å²) in [5.41, 5.74) is 9.02. The predicted octanol–water partition coefficient (Wildman–Crippen LogP) is 3.73. The van der Waals surface area contributed by atoms with Crippen molar-refractivity contribution in [2.24, 2.45) is 5.73 Å². The molecule has 1 aliphatic rings. The van der Waals surface area contributed by atoms with Gasteiger partial charge in [0.15, 0.2) is 0 Å². The van der Waals surface area contributed by atoms with E-state index in [0.29, 0.717) is 0 Å². The number of nitrogens with two attached hydrogens (primary N) is 1. The van der Waals surface area contributed by atoms with Gasteiger partial charge >= 0.3 is 0 Å². The van der Waals surface area contributed by atoms with Crippen LogP contribution in [0, 0.1) is 13.8 Å². The van der Waals surface area contributed by atoms with Gasteiger partial charge in [-0.3, -0.25) is 0 Å². The number of hydrogen-bond acceptors (Lipinski definition) is 2. The molecule has 1 aromatic carbocycles. The fraction of sp³-hybridized carbons (Fsp3) is 0.625. The lowest BCUT2D eigenvalue weighted by Crippen LogP contribution is -2.42. The van der Waals surface area contributed by atoms with Gasteiger partial charge in [-0.25, -0.2) is 0 Å². The fourth-order valence-electron chi connectivity index (χ4n) is 2.68. The van der Waals surface area contributed by atoms with Gasteiger partial charge in [0.05, 0.1) is 6.61 Å². The van der Waals surface area contributed by atoms with Crippen LogP contribution in [-0.4, -0.2) is 12.1 Å². The SMILES string of the molecule is Cc1ccc(OCCC2(N)CCCCC2)cc1C.